The van der Waals surface area contributed by atoms with Crippen molar-refractivity contribution in [2.24, 2.45) is 4.99 Å². The number of nitriles is 1. The predicted octanol–water partition coefficient (Wildman–Crippen LogP) is 6.95. The second kappa shape index (κ2) is 12.9. The zero-order valence-electron chi connectivity index (χ0n) is 23.6. The number of rotatable bonds is 9. The number of nitrogens with zero attached hydrogens (tertiary/aromatic N) is 3. The highest BCUT2D eigenvalue weighted by atomic mass is 16.7. The monoisotopic (exact) mass is 568 g/mol. The maximum Gasteiger partial charge on any atom is 0.508 e. The van der Waals surface area contributed by atoms with E-state index in [0.717, 1.165) is 48.8 Å². The lowest BCUT2D eigenvalue weighted by molar-refractivity contribution is 0.00889. The molecule has 0 aromatic heterocycles. The van der Waals surface area contributed by atoms with Gasteiger partial charge in [0, 0.05) is 5.56 Å². The maximum atomic E-state index is 12.6. The van der Waals surface area contributed by atoms with Gasteiger partial charge in [-0.3, -0.25) is 0 Å². The summed E-state index contributed by atoms with van der Waals surface area (Å²) >= 11 is 0. The van der Waals surface area contributed by atoms with E-state index in [0.29, 0.717) is 36.1 Å². The van der Waals surface area contributed by atoms with Crippen LogP contribution in [0.3, 0.4) is 0 Å². The highest BCUT2D eigenvalue weighted by Crippen LogP contribution is 2.45. The standard InChI is InChI=1S/C33H33N3O6/c1-2-40-32-35-29-14-8-13-28(31(37)38)30(29)36(32,19-20-41-33(39)42-26-10-4-3-5-11-26)22-23-15-17-24(18-16-23)27-12-7-6-9-25(27)21-34/h6-9,12-18,26H,2-5,10-11,19-20,22H2,1H3/p+1. The number of ether oxygens (including phenoxy) is 3. The summed E-state index contributed by atoms with van der Waals surface area (Å²) < 4.78 is 17.0. The number of carbonyl (C=O) groups excluding carboxylic acids is 1. The number of fused-ring (bicyclic) bond motifs is 1. The molecular weight excluding hydrogens is 534 g/mol. The molecule has 1 aliphatic carbocycles. The molecule has 3 aromatic carbocycles. The number of carboxylic acids is 1. The maximum absolute atomic E-state index is 12.6. The van der Waals surface area contributed by atoms with Crippen molar-refractivity contribution in [2.45, 2.75) is 51.7 Å². The molecule has 216 valence electrons. The van der Waals surface area contributed by atoms with Crippen molar-refractivity contribution < 1.29 is 28.9 Å². The Hall–Kier alpha value is -4.68. The molecule has 1 atom stereocenters. The van der Waals surface area contributed by atoms with Crippen LogP contribution in [0.15, 0.2) is 71.7 Å². The smallest absolute Gasteiger partial charge is 0.477 e. The summed E-state index contributed by atoms with van der Waals surface area (Å²) in [5.41, 5.74) is 4.28. The molecular formula is C33H34N3O6+. The molecule has 0 amide bonds. The summed E-state index contributed by atoms with van der Waals surface area (Å²) in [7, 11) is 0. The van der Waals surface area contributed by atoms with Crippen LogP contribution >= 0.6 is 0 Å². The zero-order chi connectivity index (χ0) is 29.5. The van der Waals surface area contributed by atoms with E-state index in [9.17, 15) is 20.0 Å². The summed E-state index contributed by atoms with van der Waals surface area (Å²) in [6.45, 7) is 2.63. The van der Waals surface area contributed by atoms with Crippen LogP contribution in [0.5, 0.6) is 0 Å². The fraction of sp³-hybridized carbons (Fsp3) is 0.333. The molecule has 1 N–H and O–H groups in total. The van der Waals surface area contributed by atoms with Gasteiger partial charge in [0.15, 0.2) is 5.69 Å². The Morgan fingerprint density at radius 2 is 1.79 bits per heavy atom. The molecule has 9 heteroatoms. The third-order valence-corrected chi connectivity index (χ3v) is 7.80. The van der Waals surface area contributed by atoms with E-state index >= 15 is 0 Å². The molecule has 0 bridgehead atoms. The molecule has 9 nitrogen and oxygen atoms in total. The number of para-hydroxylation sites is 1. The summed E-state index contributed by atoms with van der Waals surface area (Å²) in [5, 5.41) is 19.7. The number of amidine groups is 1. The number of carboxylic acid groups (broad SMARTS) is 1. The van der Waals surface area contributed by atoms with Crippen molar-refractivity contribution in [1.29, 1.82) is 5.26 Å². The first kappa shape index (κ1) is 28.8. The van der Waals surface area contributed by atoms with E-state index in [1.54, 1.807) is 24.3 Å². The molecule has 1 aliphatic heterocycles. The number of aliphatic imine (C=N–C) groups is 1. The minimum Gasteiger partial charge on any atom is -0.477 e. The van der Waals surface area contributed by atoms with Gasteiger partial charge in [-0.05, 0) is 61.9 Å². The second-order valence-electron chi connectivity index (χ2n) is 10.5. The average molecular weight is 569 g/mol. The number of benzene rings is 3. The number of hydrogen-bond donors (Lipinski definition) is 1. The van der Waals surface area contributed by atoms with Crippen molar-refractivity contribution in [2.75, 3.05) is 19.8 Å². The second-order valence-corrected chi connectivity index (χ2v) is 10.5. The molecule has 0 radical (unpaired) electrons. The van der Waals surface area contributed by atoms with Gasteiger partial charge >= 0.3 is 18.1 Å². The first-order valence-electron chi connectivity index (χ1n) is 14.3. The van der Waals surface area contributed by atoms with Crippen LogP contribution in [0.4, 0.5) is 16.2 Å². The number of hydrogen-bond acceptors (Lipinski definition) is 7. The summed E-state index contributed by atoms with van der Waals surface area (Å²) in [4.78, 5) is 29.7. The summed E-state index contributed by atoms with van der Waals surface area (Å²) in [6, 6.07) is 22.7. The molecule has 1 fully saturated rings. The van der Waals surface area contributed by atoms with Gasteiger partial charge in [-0.2, -0.15) is 10.3 Å². The first-order valence-corrected chi connectivity index (χ1v) is 14.3. The molecule has 0 spiro atoms. The molecule has 3 aromatic rings. The van der Waals surface area contributed by atoms with E-state index in [4.69, 9.17) is 19.2 Å². The van der Waals surface area contributed by atoms with Crippen LogP contribution < -0.4 is 4.48 Å². The fourth-order valence-electron chi connectivity index (χ4n) is 5.83. The highest BCUT2D eigenvalue weighted by molar-refractivity contribution is 6.06. The Bertz CT molecular complexity index is 1520. The van der Waals surface area contributed by atoms with Gasteiger partial charge in [0.05, 0.1) is 18.2 Å². The number of aromatic carboxylic acids is 1. The number of carbonyl (C=O) groups is 2. The minimum atomic E-state index is -1.08. The third kappa shape index (κ3) is 5.99. The lowest BCUT2D eigenvalue weighted by Gasteiger charge is -2.34. The van der Waals surface area contributed by atoms with Gasteiger partial charge in [-0.15, -0.1) is 0 Å². The Balaban J connectivity index is 1.46. The van der Waals surface area contributed by atoms with Crippen LogP contribution in [-0.2, 0) is 20.8 Å². The Morgan fingerprint density at radius 1 is 1.02 bits per heavy atom. The van der Waals surface area contributed by atoms with Crippen LogP contribution in [-0.4, -0.2) is 49.1 Å². The van der Waals surface area contributed by atoms with Crippen LogP contribution in [0, 0.1) is 11.3 Å². The Kier molecular flexibility index (Phi) is 8.84. The van der Waals surface area contributed by atoms with Gasteiger partial charge in [0.1, 0.15) is 37.1 Å². The SMILES string of the molecule is CCOC1=Nc2cccc(C(=O)O)c2[N+]1(CCOC(=O)OC1CCCCC1)Cc1ccc(-c2ccccc2C#N)cc1. The fourth-order valence-corrected chi connectivity index (χ4v) is 5.83. The van der Waals surface area contributed by atoms with Gasteiger partial charge < -0.3 is 19.3 Å². The van der Waals surface area contributed by atoms with Crippen LogP contribution in [0.25, 0.3) is 11.1 Å². The predicted molar refractivity (Wildman–Crippen MR) is 158 cm³/mol. The molecule has 1 unspecified atom stereocenters. The molecule has 0 saturated heterocycles. The third-order valence-electron chi connectivity index (χ3n) is 7.80. The van der Waals surface area contributed by atoms with Crippen molar-refractivity contribution >= 4 is 29.5 Å². The van der Waals surface area contributed by atoms with Crippen LogP contribution in [0.2, 0.25) is 0 Å². The molecule has 1 heterocycles. The zero-order valence-corrected chi connectivity index (χ0v) is 23.6. The Labute approximate surface area is 245 Å². The van der Waals surface area contributed by atoms with Crippen molar-refractivity contribution in [3.05, 3.63) is 83.4 Å². The Morgan fingerprint density at radius 3 is 2.50 bits per heavy atom. The highest BCUT2D eigenvalue weighted by Gasteiger charge is 2.49. The molecule has 42 heavy (non-hydrogen) atoms. The molecule has 2 aliphatic rings. The lowest BCUT2D eigenvalue weighted by atomic mass is 9.98. The minimum absolute atomic E-state index is 0.0291. The van der Waals surface area contributed by atoms with Gasteiger partial charge in [-0.25, -0.2) is 14.1 Å². The van der Waals surface area contributed by atoms with E-state index < -0.39 is 12.1 Å². The van der Waals surface area contributed by atoms with Crippen molar-refractivity contribution in [3.63, 3.8) is 0 Å². The van der Waals surface area contributed by atoms with Gasteiger partial charge in [-0.1, -0.05) is 55.0 Å². The molecule has 5 rings (SSSR count). The first-order chi connectivity index (χ1) is 20.4. The van der Waals surface area contributed by atoms with Gasteiger partial charge in [0.2, 0.25) is 0 Å². The van der Waals surface area contributed by atoms with Gasteiger partial charge in [0.25, 0.3) is 0 Å². The molecule has 1 saturated carbocycles. The normalized spacial score (nSPS) is 18.0. The summed E-state index contributed by atoms with van der Waals surface area (Å²) in [5.74, 6) is -1.08. The average Bonchev–Trinajstić information content (AvgIpc) is 3.30. The lowest BCUT2D eigenvalue weighted by Crippen LogP contribution is -2.55. The number of quaternary nitrogens is 1. The van der Waals surface area contributed by atoms with Crippen molar-refractivity contribution in [3.8, 4) is 17.2 Å². The quantitative estimate of drug-likeness (QED) is 0.219. The van der Waals surface area contributed by atoms with E-state index in [-0.39, 0.29) is 29.3 Å². The van der Waals surface area contributed by atoms with Crippen molar-refractivity contribution in [1.82, 2.24) is 4.48 Å². The van der Waals surface area contributed by atoms with E-state index in [1.165, 1.54) is 0 Å². The topological polar surface area (TPSA) is 118 Å². The van der Waals surface area contributed by atoms with E-state index in [1.807, 2.05) is 49.4 Å². The van der Waals surface area contributed by atoms with E-state index in [2.05, 4.69) is 6.07 Å². The summed E-state index contributed by atoms with van der Waals surface area (Å²) in [6.07, 6.45) is 4.02. The largest absolute Gasteiger partial charge is 0.508 e. The van der Waals surface area contributed by atoms with Crippen LogP contribution in [0.1, 0.15) is 60.5 Å².